The number of pyridine rings is 1. The molecule has 1 saturated carbocycles. The Bertz CT molecular complexity index is 651. The van der Waals surface area contributed by atoms with Gasteiger partial charge in [0.2, 0.25) is 11.8 Å². The molecule has 2 amide bonds. The zero-order valence-electron chi connectivity index (χ0n) is 16.0. The quantitative estimate of drug-likeness (QED) is 0.811. The summed E-state index contributed by atoms with van der Waals surface area (Å²) >= 11 is 0. The number of hydrogen-bond donors (Lipinski definition) is 0. The number of hydrogen-bond acceptors (Lipinski definition) is 4. The van der Waals surface area contributed by atoms with E-state index in [1.165, 1.54) is 12.8 Å². The van der Waals surface area contributed by atoms with Gasteiger partial charge in [0.1, 0.15) is 11.6 Å². The maximum absolute atomic E-state index is 13.0. The first-order chi connectivity index (χ1) is 12.4. The predicted molar refractivity (Wildman–Crippen MR) is 99.1 cm³/mol. The van der Waals surface area contributed by atoms with Gasteiger partial charge in [0.15, 0.2) is 0 Å². The Labute approximate surface area is 155 Å². The smallest absolute Gasteiger partial charge is 0.256 e. The first-order valence-corrected chi connectivity index (χ1v) is 9.67. The van der Waals surface area contributed by atoms with Gasteiger partial charge in [-0.1, -0.05) is 6.92 Å². The lowest BCUT2D eigenvalue weighted by Crippen LogP contribution is -2.64. The van der Waals surface area contributed by atoms with Crippen LogP contribution in [-0.2, 0) is 4.79 Å². The van der Waals surface area contributed by atoms with Crippen LogP contribution in [0, 0.1) is 0 Å². The van der Waals surface area contributed by atoms with Gasteiger partial charge in [-0.15, -0.1) is 0 Å². The van der Waals surface area contributed by atoms with Gasteiger partial charge in [0.25, 0.3) is 5.91 Å². The second kappa shape index (κ2) is 7.64. The molecule has 2 fully saturated rings. The molecule has 2 aliphatic rings. The lowest BCUT2D eigenvalue weighted by atomic mass is 9.96. The Hall–Kier alpha value is -2.11. The fourth-order valence-corrected chi connectivity index (χ4v) is 3.85. The molecule has 1 aliphatic carbocycles. The van der Waals surface area contributed by atoms with E-state index >= 15 is 0 Å². The number of nitrogens with zero attached hydrogens (tertiary/aromatic N) is 3. The number of piperazine rings is 1. The fourth-order valence-electron chi connectivity index (χ4n) is 3.85. The van der Waals surface area contributed by atoms with Crippen LogP contribution < -0.4 is 4.74 Å². The number of carbonyl (C=O) groups is 2. The lowest BCUT2D eigenvalue weighted by Gasteiger charge is -2.45. The van der Waals surface area contributed by atoms with Crippen LogP contribution in [0.2, 0.25) is 0 Å². The van der Waals surface area contributed by atoms with E-state index in [9.17, 15) is 9.59 Å². The third-order valence-corrected chi connectivity index (χ3v) is 5.39. The van der Waals surface area contributed by atoms with Gasteiger partial charge in [0.05, 0.1) is 5.56 Å². The van der Waals surface area contributed by atoms with Crippen LogP contribution in [0.4, 0.5) is 0 Å². The van der Waals surface area contributed by atoms with Crippen molar-refractivity contribution in [2.45, 2.75) is 64.5 Å². The lowest BCUT2D eigenvalue weighted by molar-refractivity contribution is -0.146. The largest absolute Gasteiger partial charge is 0.474 e. The molecule has 1 aliphatic heterocycles. The summed E-state index contributed by atoms with van der Waals surface area (Å²) in [5, 5.41) is 0. The summed E-state index contributed by atoms with van der Waals surface area (Å²) in [6.07, 6.45) is 7.27. The fraction of sp³-hybridized carbons (Fsp3) is 0.650. The van der Waals surface area contributed by atoms with Crippen molar-refractivity contribution in [3.63, 3.8) is 0 Å². The molecule has 26 heavy (non-hydrogen) atoms. The van der Waals surface area contributed by atoms with Crippen molar-refractivity contribution in [2.24, 2.45) is 0 Å². The van der Waals surface area contributed by atoms with Gasteiger partial charge in [-0.3, -0.25) is 9.59 Å². The van der Waals surface area contributed by atoms with Crippen molar-refractivity contribution in [2.75, 3.05) is 19.6 Å². The molecule has 1 saturated heterocycles. The molecule has 0 atom stereocenters. The summed E-state index contributed by atoms with van der Waals surface area (Å²) in [7, 11) is 0. The zero-order chi connectivity index (χ0) is 18.7. The number of rotatable bonds is 5. The number of amides is 2. The Kier molecular flexibility index (Phi) is 5.49. The molecule has 1 aromatic rings. The summed E-state index contributed by atoms with van der Waals surface area (Å²) in [6.45, 7) is 7.55. The maximum Gasteiger partial charge on any atom is 0.256 e. The van der Waals surface area contributed by atoms with Crippen LogP contribution in [0.1, 0.15) is 63.2 Å². The standard InChI is InChI=1S/C20H29N3O3/c1-4-11-22-12-13-23(20(2,3)19(22)25)18(24)15-9-10-17(21-14-15)26-16-7-5-6-8-16/h9-10,14,16H,4-8,11-13H2,1-3H3. The van der Waals surface area contributed by atoms with Crippen LogP contribution in [0.5, 0.6) is 5.88 Å². The van der Waals surface area contributed by atoms with Gasteiger partial charge < -0.3 is 14.5 Å². The monoisotopic (exact) mass is 359 g/mol. The van der Waals surface area contributed by atoms with Gasteiger partial charge >= 0.3 is 0 Å². The zero-order valence-corrected chi connectivity index (χ0v) is 16.0. The molecule has 142 valence electrons. The second-order valence-electron chi connectivity index (χ2n) is 7.72. The van der Waals surface area contributed by atoms with Crippen molar-refractivity contribution in [1.82, 2.24) is 14.8 Å². The third-order valence-electron chi connectivity index (χ3n) is 5.39. The Balaban J connectivity index is 1.69. The van der Waals surface area contributed by atoms with Gasteiger partial charge in [0, 0.05) is 31.9 Å². The second-order valence-corrected chi connectivity index (χ2v) is 7.72. The minimum Gasteiger partial charge on any atom is -0.474 e. The van der Waals surface area contributed by atoms with Crippen LogP contribution in [0.15, 0.2) is 18.3 Å². The van der Waals surface area contributed by atoms with Crippen LogP contribution in [0.25, 0.3) is 0 Å². The molecule has 6 heteroatoms. The summed E-state index contributed by atoms with van der Waals surface area (Å²) in [5.41, 5.74) is -0.350. The van der Waals surface area contributed by atoms with Crippen molar-refractivity contribution < 1.29 is 14.3 Å². The SMILES string of the molecule is CCCN1CCN(C(=O)c2ccc(OC3CCCC3)nc2)C(C)(C)C1=O. The molecule has 0 bridgehead atoms. The summed E-state index contributed by atoms with van der Waals surface area (Å²) in [5.74, 6) is 0.420. The van der Waals surface area contributed by atoms with E-state index in [0.717, 1.165) is 25.8 Å². The summed E-state index contributed by atoms with van der Waals surface area (Å²) in [6, 6.07) is 3.51. The van der Waals surface area contributed by atoms with E-state index in [1.807, 2.05) is 18.7 Å². The molecule has 6 nitrogen and oxygen atoms in total. The molecule has 0 N–H and O–H groups in total. The van der Waals surface area contributed by atoms with Crippen LogP contribution >= 0.6 is 0 Å². The van der Waals surface area contributed by atoms with E-state index in [1.54, 1.807) is 23.2 Å². The Morgan fingerprint density at radius 1 is 1.27 bits per heavy atom. The van der Waals surface area contributed by atoms with Crippen molar-refractivity contribution in [1.29, 1.82) is 0 Å². The third kappa shape index (κ3) is 3.69. The molecule has 0 unspecified atom stereocenters. The van der Waals surface area contributed by atoms with Gasteiger partial charge in [-0.25, -0.2) is 4.98 Å². The molecule has 0 spiro atoms. The van der Waals surface area contributed by atoms with Crippen molar-refractivity contribution >= 4 is 11.8 Å². The summed E-state index contributed by atoms with van der Waals surface area (Å²) < 4.78 is 5.86. The summed E-state index contributed by atoms with van der Waals surface area (Å²) in [4.78, 5) is 33.5. The average molecular weight is 359 g/mol. The highest BCUT2D eigenvalue weighted by atomic mass is 16.5. The average Bonchev–Trinajstić information content (AvgIpc) is 3.12. The van der Waals surface area contributed by atoms with Gasteiger partial charge in [-0.2, -0.15) is 0 Å². The predicted octanol–water partition coefficient (Wildman–Crippen LogP) is 2.88. The highest BCUT2D eigenvalue weighted by Gasteiger charge is 2.44. The van der Waals surface area contributed by atoms with Crippen molar-refractivity contribution in [3.05, 3.63) is 23.9 Å². The number of aromatic nitrogens is 1. The Morgan fingerprint density at radius 3 is 2.62 bits per heavy atom. The molecule has 0 radical (unpaired) electrons. The van der Waals surface area contributed by atoms with E-state index < -0.39 is 5.54 Å². The minimum atomic E-state index is -0.844. The van der Waals surface area contributed by atoms with E-state index in [4.69, 9.17) is 4.74 Å². The normalized spacial score (nSPS) is 20.5. The molecule has 0 aromatic carbocycles. The topological polar surface area (TPSA) is 62.7 Å². The highest BCUT2D eigenvalue weighted by Crippen LogP contribution is 2.26. The first-order valence-electron chi connectivity index (χ1n) is 9.67. The maximum atomic E-state index is 13.0. The molecular weight excluding hydrogens is 330 g/mol. The van der Waals surface area contributed by atoms with Crippen LogP contribution in [0.3, 0.4) is 0 Å². The van der Waals surface area contributed by atoms with E-state index in [-0.39, 0.29) is 17.9 Å². The number of ether oxygens (including phenoxy) is 1. The molecular formula is C20H29N3O3. The van der Waals surface area contributed by atoms with E-state index in [0.29, 0.717) is 24.5 Å². The minimum absolute atomic E-state index is 0.00750. The van der Waals surface area contributed by atoms with Crippen LogP contribution in [-0.4, -0.2) is 57.9 Å². The highest BCUT2D eigenvalue weighted by molar-refractivity contribution is 5.99. The van der Waals surface area contributed by atoms with Gasteiger partial charge in [-0.05, 0) is 52.0 Å². The Morgan fingerprint density at radius 2 is 2.00 bits per heavy atom. The molecule has 1 aromatic heterocycles. The molecule has 2 heterocycles. The van der Waals surface area contributed by atoms with E-state index in [2.05, 4.69) is 11.9 Å². The number of carbonyl (C=O) groups excluding carboxylic acids is 2. The molecule has 3 rings (SSSR count). The first kappa shape index (κ1) is 18.7. The van der Waals surface area contributed by atoms with Crippen molar-refractivity contribution in [3.8, 4) is 5.88 Å².